The summed E-state index contributed by atoms with van der Waals surface area (Å²) in [4.78, 5) is 18.9. The zero-order valence-electron chi connectivity index (χ0n) is 21.3. The molecule has 0 fully saturated rings. The lowest BCUT2D eigenvalue weighted by molar-refractivity contribution is 0.180. The second kappa shape index (κ2) is 14.1. The standard InChI is InChI=1S/C27H29N2O6PS2/c1-5-8-20-9-6-10-21(17-20)28-27(30)35-26(29-33-2)19-34-36(31,22-13-15-24(37-3)16-14-22)23-11-7-12-25(18-23)38(4)32/h5-7,9-18H,1,8,19H2,2-4H3,(H,28,30). The summed E-state index contributed by atoms with van der Waals surface area (Å²) in [5.41, 5.74) is 1.49. The normalized spacial score (nSPS) is 13.7. The maximum atomic E-state index is 14.4. The molecule has 1 amide bonds. The van der Waals surface area contributed by atoms with E-state index in [0.717, 1.165) is 10.5 Å². The van der Waals surface area contributed by atoms with Gasteiger partial charge in [-0.05, 0) is 78.0 Å². The van der Waals surface area contributed by atoms with Gasteiger partial charge in [-0.25, -0.2) is 4.79 Å². The Balaban J connectivity index is 1.84. The molecule has 0 saturated carbocycles. The molecule has 0 bridgehead atoms. The van der Waals surface area contributed by atoms with Gasteiger partial charge in [0.25, 0.3) is 13.3 Å². The highest BCUT2D eigenvalue weighted by Crippen LogP contribution is 2.45. The molecule has 0 aliphatic heterocycles. The van der Waals surface area contributed by atoms with E-state index in [-0.39, 0.29) is 5.90 Å². The first-order valence-electron chi connectivity index (χ1n) is 11.4. The fourth-order valence-electron chi connectivity index (χ4n) is 3.44. The van der Waals surface area contributed by atoms with Crippen molar-refractivity contribution in [2.75, 3.05) is 31.5 Å². The molecule has 200 valence electrons. The molecule has 0 aromatic heterocycles. The smallest absolute Gasteiger partial charge is 0.396 e. The van der Waals surface area contributed by atoms with E-state index in [2.05, 4.69) is 17.1 Å². The number of ether oxygens (including phenoxy) is 1. The van der Waals surface area contributed by atoms with Crippen LogP contribution in [0.3, 0.4) is 0 Å². The SMILES string of the molecule is C=CCc1cccc(NC(=O)OC(COP(=O)(c2ccc(SC)cc2)c2cccc(S(C)=O)c2)=NOC)c1. The maximum Gasteiger partial charge on any atom is 0.418 e. The van der Waals surface area contributed by atoms with Crippen molar-refractivity contribution in [2.45, 2.75) is 16.2 Å². The minimum atomic E-state index is -3.72. The fraction of sp³-hybridized carbons (Fsp3) is 0.185. The van der Waals surface area contributed by atoms with Gasteiger partial charge in [-0.3, -0.25) is 14.1 Å². The first-order chi connectivity index (χ1) is 18.3. The van der Waals surface area contributed by atoms with Gasteiger partial charge in [-0.2, -0.15) is 0 Å². The van der Waals surface area contributed by atoms with Crippen molar-refractivity contribution in [2.24, 2.45) is 5.16 Å². The number of hydrogen-bond donors (Lipinski definition) is 1. The molecule has 0 aliphatic rings. The van der Waals surface area contributed by atoms with Crippen molar-refractivity contribution < 1.29 is 27.7 Å². The number of amides is 1. The highest BCUT2D eigenvalue weighted by Gasteiger charge is 2.31. The van der Waals surface area contributed by atoms with E-state index in [4.69, 9.17) is 14.1 Å². The van der Waals surface area contributed by atoms with E-state index < -0.39 is 30.9 Å². The van der Waals surface area contributed by atoms with Crippen LogP contribution >= 0.6 is 19.1 Å². The molecule has 8 nitrogen and oxygen atoms in total. The molecule has 0 aliphatic carbocycles. The van der Waals surface area contributed by atoms with Crippen LogP contribution in [-0.2, 0) is 35.9 Å². The predicted octanol–water partition coefficient (Wildman–Crippen LogP) is 5.33. The third-order valence-corrected chi connectivity index (χ3v) is 9.32. The molecule has 2 unspecified atom stereocenters. The Morgan fingerprint density at radius 3 is 2.50 bits per heavy atom. The first-order valence-corrected chi connectivity index (χ1v) is 15.8. The van der Waals surface area contributed by atoms with E-state index in [1.54, 1.807) is 78.7 Å². The maximum absolute atomic E-state index is 14.4. The highest BCUT2D eigenvalue weighted by molar-refractivity contribution is 7.98. The largest absolute Gasteiger partial charge is 0.418 e. The van der Waals surface area contributed by atoms with E-state index in [9.17, 15) is 13.6 Å². The number of allylic oxidation sites excluding steroid dienone is 1. The Labute approximate surface area is 229 Å². The Morgan fingerprint density at radius 1 is 1.11 bits per heavy atom. The number of carbonyl (C=O) groups excluding carboxylic acids is 1. The number of nitrogens with zero attached hydrogens (tertiary/aromatic N) is 1. The average Bonchev–Trinajstić information content (AvgIpc) is 2.92. The number of hydrogen-bond acceptors (Lipinski definition) is 8. The minimum absolute atomic E-state index is 0.233. The summed E-state index contributed by atoms with van der Waals surface area (Å²) in [6.45, 7) is 3.29. The van der Waals surface area contributed by atoms with Crippen molar-refractivity contribution in [3.63, 3.8) is 0 Å². The summed E-state index contributed by atoms with van der Waals surface area (Å²) in [5.74, 6) is -0.233. The van der Waals surface area contributed by atoms with Gasteiger partial charge in [0.2, 0.25) is 0 Å². The van der Waals surface area contributed by atoms with Crippen LogP contribution in [0.5, 0.6) is 0 Å². The average molecular weight is 573 g/mol. The van der Waals surface area contributed by atoms with Gasteiger partial charge in [0.1, 0.15) is 13.7 Å². The Bertz CT molecular complexity index is 1380. The number of rotatable bonds is 11. The Hall–Kier alpha value is -3.17. The predicted molar refractivity (Wildman–Crippen MR) is 155 cm³/mol. The van der Waals surface area contributed by atoms with Gasteiger partial charge in [-0.1, -0.05) is 24.3 Å². The van der Waals surface area contributed by atoms with Crippen LogP contribution in [0.4, 0.5) is 10.5 Å². The molecular weight excluding hydrogens is 543 g/mol. The van der Waals surface area contributed by atoms with Crippen molar-refractivity contribution in [3.8, 4) is 0 Å². The summed E-state index contributed by atoms with van der Waals surface area (Å²) < 4.78 is 37.8. The summed E-state index contributed by atoms with van der Waals surface area (Å²) in [7, 11) is -3.72. The second-order valence-electron chi connectivity index (χ2n) is 7.85. The highest BCUT2D eigenvalue weighted by atomic mass is 32.2. The third kappa shape index (κ3) is 7.91. The molecule has 2 atom stereocenters. The number of carbonyl (C=O) groups is 1. The van der Waals surface area contributed by atoms with Crippen LogP contribution in [0.2, 0.25) is 0 Å². The quantitative estimate of drug-likeness (QED) is 0.0828. The van der Waals surface area contributed by atoms with Crippen molar-refractivity contribution in [1.29, 1.82) is 0 Å². The molecule has 38 heavy (non-hydrogen) atoms. The number of anilines is 1. The number of benzene rings is 3. The molecule has 3 rings (SSSR count). The van der Waals surface area contributed by atoms with Gasteiger partial charge in [-0.15, -0.1) is 18.3 Å². The molecule has 3 aromatic rings. The van der Waals surface area contributed by atoms with Crippen LogP contribution in [0, 0.1) is 0 Å². The van der Waals surface area contributed by atoms with E-state index >= 15 is 0 Å². The van der Waals surface area contributed by atoms with E-state index in [0.29, 0.717) is 27.6 Å². The fourth-order valence-corrected chi connectivity index (χ4v) is 6.52. The van der Waals surface area contributed by atoms with Crippen LogP contribution in [0.15, 0.2) is 100 Å². The molecule has 0 heterocycles. The van der Waals surface area contributed by atoms with Gasteiger partial charge in [0.15, 0.2) is 0 Å². The lowest BCUT2D eigenvalue weighted by Crippen LogP contribution is -2.25. The molecule has 0 saturated heterocycles. The summed E-state index contributed by atoms with van der Waals surface area (Å²) in [6, 6.07) is 21.0. The van der Waals surface area contributed by atoms with Crippen molar-refractivity contribution in [3.05, 3.63) is 91.0 Å². The van der Waals surface area contributed by atoms with Crippen LogP contribution in [-0.4, -0.2) is 42.4 Å². The molecule has 3 aromatic carbocycles. The number of nitrogens with one attached hydrogen (secondary N) is 1. The summed E-state index contributed by atoms with van der Waals surface area (Å²) in [6.07, 6.45) is 5.08. The van der Waals surface area contributed by atoms with Crippen LogP contribution in [0.1, 0.15) is 5.56 Å². The monoisotopic (exact) mass is 572 g/mol. The van der Waals surface area contributed by atoms with Crippen molar-refractivity contribution in [1.82, 2.24) is 0 Å². The van der Waals surface area contributed by atoms with Crippen molar-refractivity contribution >= 4 is 58.2 Å². The zero-order chi connectivity index (χ0) is 27.5. The first kappa shape index (κ1) is 29.4. The minimum Gasteiger partial charge on any atom is -0.396 e. The van der Waals surface area contributed by atoms with Gasteiger partial charge >= 0.3 is 6.09 Å². The topological polar surface area (TPSA) is 103 Å². The Kier molecular flexibility index (Phi) is 10.9. The summed E-state index contributed by atoms with van der Waals surface area (Å²) in [5, 5.41) is 7.14. The number of oxime groups is 1. The molecule has 0 spiro atoms. The van der Waals surface area contributed by atoms with Crippen LogP contribution < -0.4 is 15.9 Å². The van der Waals surface area contributed by atoms with E-state index in [1.807, 2.05) is 24.5 Å². The third-order valence-electron chi connectivity index (χ3n) is 5.23. The van der Waals surface area contributed by atoms with Gasteiger partial charge < -0.3 is 14.1 Å². The lowest BCUT2D eigenvalue weighted by atomic mass is 10.1. The number of thioether (sulfide) groups is 1. The zero-order valence-corrected chi connectivity index (χ0v) is 23.8. The van der Waals surface area contributed by atoms with Gasteiger partial charge in [0.05, 0.1) is 0 Å². The van der Waals surface area contributed by atoms with Gasteiger partial charge in [0, 0.05) is 43.1 Å². The molecule has 11 heteroatoms. The van der Waals surface area contributed by atoms with Crippen LogP contribution in [0.25, 0.3) is 0 Å². The van der Waals surface area contributed by atoms with E-state index in [1.165, 1.54) is 7.11 Å². The lowest BCUT2D eigenvalue weighted by Gasteiger charge is -2.20. The second-order valence-corrected chi connectivity index (χ2v) is 12.5. The molecular formula is C27H29N2O6PS2. The molecule has 0 radical (unpaired) electrons. The Morgan fingerprint density at radius 2 is 1.84 bits per heavy atom. The summed E-state index contributed by atoms with van der Waals surface area (Å²) >= 11 is 1.55. The molecule has 1 N–H and O–H groups in total.